The Morgan fingerprint density at radius 1 is 1.53 bits per heavy atom. The highest BCUT2D eigenvalue weighted by atomic mass is 79.9. The molecule has 1 rings (SSSR count). The number of aromatic carboxylic acids is 1. The molecule has 1 aromatic heterocycles. The molecule has 1 N–H and O–H groups in total. The summed E-state index contributed by atoms with van der Waals surface area (Å²) < 4.78 is 0. The van der Waals surface area contributed by atoms with Crippen molar-refractivity contribution in [3.63, 3.8) is 0 Å². The largest absolute Gasteiger partial charge is 0.477 e. The number of alkyl halides is 2. The van der Waals surface area contributed by atoms with Gasteiger partial charge in [-0.2, -0.15) is 0 Å². The van der Waals surface area contributed by atoms with Gasteiger partial charge in [0.05, 0.1) is 0 Å². The predicted octanol–water partition coefficient (Wildman–Crippen LogP) is 2.87. The summed E-state index contributed by atoms with van der Waals surface area (Å²) in [6.45, 7) is 0. The summed E-state index contributed by atoms with van der Waals surface area (Å²) in [6, 6.07) is 3.35. The smallest absolute Gasteiger partial charge is 0.354 e. The van der Waals surface area contributed by atoms with E-state index in [1.807, 2.05) is 6.07 Å². The number of carbonyl (C=O) groups is 1. The molecule has 82 valence electrons. The standard InChI is InChI=1S/C10H11Br2NO2/c11-5-8(12)3-1-7-2-4-9(10(14)15)13-6-7/h2,4,6,8H,1,3,5H2,(H,14,15). The number of aromatic nitrogens is 1. The van der Waals surface area contributed by atoms with Gasteiger partial charge in [0.25, 0.3) is 0 Å². The van der Waals surface area contributed by atoms with Gasteiger partial charge in [-0.15, -0.1) is 0 Å². The molecule has 1 unspecified atom stereocenters. The van der Waals surface area contributed by atoms with E-state index in [1.165, 1.54) is 6.07 Å². The monoisotopic (exact) mass is 335 g/mol. The van der Waals surface area contributed by atoms with Gasteiger partial charge in [-0.25, -0.2) is 9.78 Å². The molecule has 5 heteroatoms. The summed E-state index contributed by atoms with van der Waals surface area (Å²) >= 11 is 6.89. The molecule has 0 amide bonds. The maximum absolute atomic E-state index is 10.5. The van der Waals surface area contributed by atoms with Crippen LogP contribution < -0.4 is 0 Å². The lowest BCUT2D eigenvalue weighted by molar-refractivity contribution is 0.0690. The number of carboxylic acid groups (broad SMARTS) is 1. The molecule has 0 spiro atoms. The summed E-state index contributed by atoms with van der Waals surface area (Å²) in [5, 5.41) is 9.57. The maximum atomic E-state index is 10.5. The van der Waals surface area contributed by atoms with Gasteiger partial charge in [0.1, 0.15) is 5.69 Å². The second-order valence-corrected chi connectivity index (χ2v) is 5.09. The lowest BCUT2D eigenvalue weighted by Crippen LogP contribution is -2.03. The van der Waals surface area contributed by atoms with Gasteiger partial charge in [0, 0.05) is 16.4 Å². The number of nitrogens with zero attached hydrogens (tertiary/aromatic N) is 1. The zero-order chi connectivity index (χ0) is 11.3. The molecule has 0 radical (unpaired) electrons. The number of aryl methyl sites for hydroxylation is 1. The Morgan fingerprint density at radius 2 is 2.27 bits per heavy atom. The van der Waals surface area contributed by atoms with Crippen LogP contribution in [0.1, 0.15) is 22.5 Å². The van der Waals surface area contributed by atoms with Crippen LogP contribution in [0.5, 0.6) is 0 Å². The van der Waals surface area contributed by atoms with E-state index in [2.05, 4.69) is 36.8 Å². The molecular formula is C10H11Br2NO2. The molecule has 0 aromatic carbocycles. The van der Waals surface area contributed by atoms with Crippen LogP contribution in [0.3, 0.4) is 0 Å². The van der Waals surface area contributed by atoms with E-state index >= 15 is 0 Å². The number of carboxylic acids is 1. The van der Waals surface area contributed by atoms with Gasteiger partial charge in [0.15, 0.2) is 0 Å². The van der Waals surface area contributed by atoms with Gasteiger partial charge < -0.3 is 5.11 Å². The summed E-state index contributed by atoms with van der Waals surface area (Å²) in [7, 11) is 0. The first-order valence-electron chi connectivity index (χ1n) is 4.51. The molecule has 15 heavy (non-hydrogen) atoms. The van der Waals surface area contributed by atoms with Gasteiger partial charge >= 0.3 is 5.97 Å². The van der Waals surface area contributed by atoms with E-state index in [1.54, 1.807) is 6.20 Å². The van der Waals surface area contributed by atoms with Gasteiger partial charge in [0.2, 0.25) is 0 Å². The zero-order valence-corrected chi connectivity index (χ0v) is 11.2. The van der Waals surface area contributed by atoms with Crippen LogP contribution in [0.25, 0.3) is 0 Å². The van der Waals surface area contributed by atoms with E-state index in [-0.39, 0.29) is 5.69 Å². The van der Waals surface area contributed by atoms with Crippen LogP contribution in [0.2, 0.25) is 0 Å². The molecular weight excluding hydrogens is 326 g/mol. The Kier molecular flexibility index (Phi) is 5.25. The van der Waals surface area contributed by atoms with Crippen molar-refractivity contribution in [1.29, 1.82) is 0 Å². The molecule has 0 saturated heterocycles. The maximum Gasteiger partial charge on any atom is 0.354 e. The second kappa shape index (κ2) is 6.23. The molecule has 0 aliphatic rings. The quantitative estimate of drug-likeness (QED) is 0.841. The molecule has 1 heterocycles. The first-order valence-corrected chi connectivity index (χ1v) is 6.55. The Balaban J connectivity index is 2.53. The minimum absolute atomic E-state index is 0.0923. The minimum Gasteiger partial charge on any atom is -0.477 e. The normalized spacial score (nSPS) is 12.4. The van der Waals surface area contributed by atoms with Crippen molar-refractivity contribution in [2.45, 2.75) is 17.7 Å². The highest BCUT2D eigenvalue weighted by Crippen LogP contribution is 2.12. The molecule has 3 nitrogen and oxygen atoms in total. The van der Waals surface area contributed by atoms with Crippen molar-refractivity contribution in [1.82, 2.24) is 4.98 Å². The molecule has 1 atom stereocenters. The summed E-state index contributed by atoms with van der Waals surface area (Å²) in [5.74, 6) is -0.986. The van der Waals surface area contributed by atoms with Crippen molar-refractivity contribution in [3.8, 4) is 0 Å². The Bertz CT molecular complexity index is 327. The fourth-order valence-electron chi connectivity index (χ4n) is 1.10. The second-order valence-electron chi connectivity index (χ2n) is 3.15. The number of rotatable bonds is 5. The van der Waals surface area contributed by atoms with E-state index in [0.717, 1.165) is 23.7 Å². The van der Waals surface area contributed by atoms with Crippen LogP contribution >= 0.6 is 31.9 Å². The van der Waals surface area contributed by atoms with Crippen molar-refractivity contribution in [2.24, 2.45) is 0 Å². The average Bonchev–Trinajstić information content (AvgIpc) is 2.26. The number of hydrogen-bond donors (Lipinski definition) is 1. The van der Waals surface area contributed by atoms with Crippen LogP contribution in [-0.4, -0.2) is 26.2 Å². The Labute approximate surface area is 105 Å². The van der Waals surface area contributed by atoms with Crippen LogP contribution in [-0.2, 0) is 6.42 Å². The molecule has 0 bridgehead atoms. The minimum atomic E-state index is -0.986. The lowest BCUT2D eigenvalue weighted by Gasteiger charge is -2.05. The van der Waals surface area contributed by atoms with Gasteiger partial charge in [-0.1, -0.05) is 37.9 Å². The zero-order valence-electron chi connectivity index (χ0n) is 7.99. The van der Waals surface area contributed by atoms with E-state index in [9.17, 15) is 4.79 Å². The topological polar surface area (TPSA) is 50.2 Å². The highest BCUT2D eigenvalue weighted by Gasteiger charge is 2.05. The van der Waals surface area contributed by atoms with Crippen LogP contribution in [0.4, 0.5) is 0 Å². The van der Waals surface area contributed by atoms with Gasteiger partial charge in [-0.05, 0) is 24.5 Å². The summed E-state index contributed by atoms with van der Waals surface area (Å²) in [4.78, 5) is 14.8. The average molecular weight is 337 g/mol. The molecule has 1 aromatic rings. The SMILES string of the molecule is O=C(O)c1ccc(CCC(Br)CBr)cn1. The van der Waals surface area contributed by atoms with Crippen molar-refractivity contribution < 1.29 is 9.90 Å². The van der Waals surface area contributed by atoms with Crippen LogP contribution in [0, 0.1) is 0 Å². The highest BCUT2D eigenvalue weighted by molar-refractivity contribution is 9.12. The third-order valence-electron chi connectivity index (χ3n) is 1.96. The Hall–Kier alpha value is -0.420. The third-order valence-corrected chi connectivity index (χ3v) is 4.39. The fraction of sp³-hybridized carbons (Fsp3) is 0.400. The fourth-order valence-corrected chi connectivity index (χ4v) is 1.65. The number of pyridine rings is 1. The lowest BCUT2D eigenvalue weighted by atomic mass is 10.1. The first kappa shape index (κ1) is 12.6. The summed E-state index contributed by atoms with van der Waals surface area (Å²) in [5.41, 5.74) is 1.15. The van der Waals surface area contributed by atoms with Crippen molar-refractivity contribution in [2.75, 3.05) is 5.33 Å². The molecule has 0 aliphatic carbocycles. The first-order chi connectivity index (χ1) is 7.13. The molecule has 0 saturated carbocycles. The van der Waals surface area contributed by atoms with Crippen molar-refractivity contribution >= 4 is 37.8 Å². The van der Waals surface area contributed by atoms with Crippen molar-refractivity contribution in [3.05, 3.63) is 29.6 Å². The van der Waals surface area contributed by atoms with Gasteiger partial charge in [-0.3, -0.25) is 0 Å². The number of hydrogen-bond acceptors (Lipinski definition) is 2. The van der Waals surface area contributed by atoms with Crippen LogP contribution in [0.15, 0.2) is 18.3 Å². The van der Waals surface area contributed by atoms with E-state index < -0.39 is 5.97 Å². The predicted molar refractivity (Wildman–Crippen MR) is 66.0 cm³/mol. The molecule has 0 fully saturated rings. The third kappa shape index (κ3) is 4.30. The van der Waals surface area contributed by atoms with E-state index in [0.29, 0.717) is 4.83 Å². The molecule has 0 aliphatic heterocycles. The number of halogens is 2. The Morgan fingerprint density at radius 3 is 2.73 bits per heavy atom. The summed E-state index contributed by atoms with van der Waals surface area (Å²) in [6.07, 6.45) is 3.52. The van der Waals surface area contributed by atoms with E-state index in [4.69, 9.17) is 5.11 Å².